The van der Waals surface area contributed by atoms with Crippen molar-refractivity contribution >= 4 is 7.82 Å². The summed E-state index contributed by atoms with van der Waals surface area (Å²) in [7, 11) is -4.34. The highest BCUT2D eigenvalue weighted by Crippen LogP contribution is 2.35. The highest BCUT2D eigenvalue weighted by Gasteiger charge is 2.12. The highest BCUT2D eigenvalue weighted by atomic mass is 31.2. The van der Waals surface area contributed by atoms with Crippen molar-refractivity contribution in [2.45, 2.75) is 78.1 Å². The maximum absolute atomic E-state index is 10.7. The van der Waals surface area contributed by atoms with Crippen LogP contribution in [0.2, 0.25) is 0 Å². The van der Waals surface area contributed by atoms with Crippen LogP contribution in [0.15, 0.2) is 18.2 Å². The van der Waals surface area contributed by atoms with Crippen molar-refractivity contribution in [1.82, 2.24) is 0 Å². The molecule has 0 atom stereocenters. The summed E-state index contributed by atoms with van der Waals surface area (Å²) in [6, 6.07) is 6.83. The normalized spacial score (nSPS) is 11.8. The molecule has 1 rings (SSSR count). The predicted octanol–water partition coefficient (Wildman–Crippen LogP) is 5.19. The molecule has 0 unspecified atom stereocenters. The van der Waals surface area contributed by atoms with E-state index in [4.69, 9.17) is 9.79 Å². The highest BCUT2D eigenvalue weighted by molar-refractivity contribution is 7.46. The monoisotopic (exact) mass is 356 g/mol. The van der Waals surface area contributed by atoms with Crippen molar-refractivity contribution in [2.24, 2.45) is 0 Å². The Morgan fingerprint density at radius 3 is 1.58 bits per heavy atom. The molecule has 0 aliphatic rings. The van der Waals surface area contributed by atoms with Gasteiger partial charge in [0.1, 0.15) is 0 Å². The molecule has 0 aliphatic carbocycles. The first kappa shape index (κ1) is 21.4. The van der Waals surface area contributed by atoms with E-state index in [0.717, 1.165) is 19.3 Å². The fourth-order valence-electron chi connectivity index (χ4n) is 2.89. The lowest BCUT2D eigenvalue weighted by Crippen LogP contribution is -1.98. The Labute approximate surface area is 146 Å². The second-order valence-electron chi connectivity index (χ2n) is 6.50. The molecule has 0 aliphatic heterocycles. The molecule has 0 saturated heterocycles. The maximum atomic E-state index is 10.7. The molecule has 24 heavy (non-hydrogen) atoms. The molecule has 0 spiro atoms. The van der Waals surface area contributed by atoms with Crippen molar-refractivity contribution in [3.8, 4) is 0 Å². The number of benzene rings is 1. The van der Waals surface area contributed by atoms with Crippen molar-refractivity contribution in [3.05, 3.63) is 34.9 Å². The Bertz CT molecular complexity index is 482. The van der Waals surface area contributed by atoms with Crippen molar-refractivity contribution in [2.75, 3.05) is 6.61 Å². The number of aryl methyl sites for hydroxylation is 3. The maximum Gasteiger partial charge on any atom is 0.469 e. The van der Waals surface area contributed by atoms with Gasteiger partial charge in [0.15, 0.2) is 0 Å². The number of hydrogen-bond acceptors (Lipinski definition) is 2. The van der Waals surface area contributed by atoms with Gasteiger partial charge in [0.2, 0.25) is 0 Å². The van der Waals surface area contributed by atoms with E-state index >= 15 is 0 Å². The van der Waals surface area contributed by atoms with Gasteiger partial charge in [-0.25, -0.2) is 4.57 Å². The summed E-state index contributed by atoms with van der Waals surface area (Å²) >= 11 is 0. The van der Waals surface area contributed by atoms with Gasteiger partial charge in [0.05, 0.1) is 6.61 Å². The minimum atomic E-state index is -4.34. The topological polar surface area (TPSA) is 66.8 Å². The Hall–Kier alpha value is -0.670. The van der Waals surface area contributed by atoms with Gasteiger partial charge in [0, 0.05) is 0 Å². The molecule has 1 aromatic rings. The van der Waals surface area contributed by atoms with Crippen LogP contribution in [0.25, 0.3) is 0 Å². The Balaban J connectivity index is 2.63. The average molecular weight is 356 g/mol. The van der Waals surface area contributed by atoms with Gasteiger partial charge in [-0.1, -0.05) is 57.7 Å². The fourth-order valence-corrected chi connectivity index (χ4v) is 3.26. The molecule has 2 N–H and O–H groups in total. The Kier molecular flexibility index (Phi) is 10.5. The third-order valence-corrected chi connectivity index (χ3v) is 4.64. The van der Waals surface area contributed by atoms with Crippen LogP contribution in [-0.4, -0.2) is 16.4 Å². The summed E-state index contributed by atoms with van der Waals surface area (Å²) in [5.74, 6) is 0. The largest absolute Gasteiger partial charge is 0.469 e. The Morgan fingerprint density at radius 2 is 1.21 bits per heavy atom. The van der Waals surface area contributed by atoms with Crippen LogP contribution in [0.5, 0.6) is 0 Å². The zero-order valence-electron chi connectivity index (χ0n) is 15.2. The van der Waals surface area contributed by atoms with Gasteiger partial charge in [-0.3, -0.25) is 4.52 Å². The van der Waals surface area contributed by atoms with Gasteiger partial charge in [-0.2, -0.15) is 0 Å². The Morgan fingerprint density at radius 1 is 0.792 bits per heavy atom. The molecule has 1 aromatic carbocycles. The summed E-state index contributed by atoms with van der Waals surface area (Å²) in [6.45, 7) is 4.52. The van der Waals surface area contributed by atoms with E-state index in [1.54, 1.807) is 0 Å². The van der Waals surface area contributed by atoms with Crippen molar-refractivity contribution in [3.63, 3.8) is 0 Å². The van der Waals surface area contributed by atoms with E-state index in [2.05, 4.69) is 36.6 Å². The summed E-state index contributed by atoms with van der Waals surface area (Å²) in [6.07, 6.45) is 11.0. The molecule has 0 saturated carbocycles. The first-order valence-electron chi connectivity index (χ1n) is 9.26. The lowest BCUT2D eigenvalue weighted by molar-refractivity contribution is 0.195. The van der Waals surface area contributed by atoms with Crippen LogP contribution in [-0.2, 0) is 28.4 Å². The average Bonchev–Trinajstić information content (AvgIpc) is 2.51. The summed E-state index contributed by atoms with van der Waals surface area (Å²) < 4.78 is 15.3. The van der Waals surface area contributed by atoms with E-state index in [1.807, 2.05) is 0 Å². The standard InChI is InChI=1S/C19H33O4P/c1-3-5-7-10-17-14-18(11-8-6-4-2)16-19(15-17)12-9-13-23-24(20,21)22/h14-16H,3-13H2,1-2H3,(H2,20,21,22). The van der Waals surface area contributed by atoms with Gasteiger partial charge >= 0.3 is 7.82 Å². The molecule has 138 valence electrons. The third kappa shape index (κ3) is 10.2. The van der Waals surface area contributed by atoms with Crippen LogP contribution < -0.4 is 0 Å². The molecule has 5 heteroatoms. The van der Waals surface area contributed by atoms with Crippen LogP contribution in [0.3, 0.4) is 0 Å². The number of hydrogen-bond donors (Lipinski definition) is 2. The summed E-state index contributed by atoms with van der Waals surface area (Å²) in [5, 5.41) is 0. The molecule has 0 heterocycles. The minimum Gasteiger partial charge on any atom is -0.303 e. The van der Waals surface area contributed by atoms with Crippen LogP contribution in [0.1, 0.15) is 75.5 Å². The van der Waals surface area contributed by atoms with E-state index < -0.39 is 7.82 Å². The molecule has 0 radical (unpaired) electrons. The zero-order chi connectivity index (χ0) is 17.8. The lowest BCUT2D eigenvalue weighted by Gasteiger charge is -2.11. The first-order valence-corrected chi connectivity index (χ1v) is 10.8. The number of unbranched alkanes of at least 4 members (excludes halogenated alkanes) is 4. The molecule has 0 amide bonds. The molecule has 0 aromatic heterocycles. The lowest BCUT2D eigenvalue weighted by atomic mass is 9.96. The van der Waals surface area contributed by atoms with Gasteiger partial charge in [-0.05, 0) is 55.2 Å². The smallest absolute Gasteiger partial charge is 0.303 e. The van der Waals surface area contributed by atoms with E-state index in [1.165, 1.54) is 55.2 Å². The van der Waals surface area contributed by atoms with Gasteiger partial charge in [0.25, 0.3) is 0 Å². The SMILES string of the molecule is CCCCCc1cc(CCCCC)cc(CCCOP(=O)(O)O)c1. The van der Waals surface area contributed by atoms with Crippen molar-refractivity contribution < 1.29 is 18.9 Å². The van der Waals surface area contributed by atoms with Crippen LogP contribution in [0, 0.1) is 0 Å². The molecular weight excluding hydrogens is 323 g/mol. The second kappa shape index (κ2) is 11.8. The van der Waals surface area contributed by atoms with Crippen LogP contribution in [0.4, 0.5) is 0 Å². The molecular formula is C19H33O4P. The van der Waals surface area contributed by atoms with E-state index in [0.29, 0.717) is 6.42 Å². The quantitative estimate of drug-likeness (QED) is 0.377. The van der Waals surface area contributed by atoms with Crippen LogP contribution >= 0.6 is 7.82 Å². The number of phosphoric ester groups is 1. The fraction of sp³-hybridized carbons (Fsp3) is 0.684. The van der Waals surface area contributed by atoms with E-state index in [-0.39, 0.29) is 6.61 Å². The molecule has 0 fully saturated rings. The zero-order valence-corrected chi connectivity index (χ0v) is 16.1. The first-order chi connectivity index (χ1) is 11.4. The second-order valence-corrected chi connectivity index (χ2v) is 7.74. The van der Waals surface area contributed by atoms with Crippen molar-refractivity contribution in [1.29, 1.82) is 0 Å². The molecule has 0 bridgehead atoms. The predicted molar refractivity (Wildman–Crippen MR) is 99.2 cm³/mol. The minimum absolute atomic E-state index is 0.0928. The van der Waals surface area contributed by atoms with E-state index in [9.17, 15) is 4.57 Å². The van der Waals surface area contributed by atoms with Gasteiger partial charge < -0.3 is 9.79 Å². The van der Waals surface area contributed by atoms with Gasteiger partial charge in [-0.15, -0.1) is 0 Å². The summed E-state index contributed by atoms with van der Waals surface area (Å²) in [4.78, 5) is 17.5. The summed E-state index contributed by atoms with van der Waals surface area (Å²) in [5.41, 5.74) is 4.04. The number of rotatable bonds is 13. The third-order valence-electron chi connectivity index (χ3n) is 4.12. The molecule has 4 nitrogen and oxygen atoms in total. The number of phosphoric acid groups is 1.